The fourth-order valence-corrected chi connectivity index (χ4v) is 3.15. The Hall–Kier alpha value is -1.93. The fraction of sp³-hybridized carbons (Fsp3) is 0.500. The van der Waals surface area contributed by atoms with Crippen LogP contribution in [-0.4, -0.2) is 38.0 Å². The summed E-state index contributed by atoms with van der Waals surface area (Å²) in [6.45, 7) is 5.93. The van der Waals surface area contributed by atoms with Crippen LogP contribution in [0.25, 0.3) is 0 Å². The van der Waals surface area contributed by atoms with E-state index in [4.69, 9.17) is 5.11 Å². The van der Waals surface area contributed by atoms with Gasteiger partial charge in [0.2, 0.25) is 10.0 Å². The molecule has 1 amide bonds. The summed E-state index contributed by atoms with van der Waals surface area (Å²) in [7, 11) is -3.62. The SMILES string of the molecule is CCCC(NC(=O)c1ccc(S(=O)(=O)NCC(C)C)cc1)C(=O)O. The summed E-state index contributed by atoms with van der Waals surface area (Å²) in [5, 5.41) is 11.5. The average Bonchev–Trinajstić information content (AvgIpc) is 2.52. The molecule has 0 saturated heterocycles. The van der Waals surface area contributed by atoms with Crippen molar-refractivity contribution in [1.82, 2.24) is 10.0 Å². The highest BCUT2D eigenvalue weighted by atomic mass is 32.2. The number of carboxylic acids is 1. The number of sulfonamides is 1. The van der Waals surface area contributed by atoms with Gasteiger partial charge in [0, 0.05) is 12.1 Å². The van der Waals surface area contributed by atoms with Gasteiger partial charge in [0.05, 0.1) is 4.90 Å². The zero-order chi connectivity index (χ0) is 18.3. The van der Waals surface area contributed by atoms with Gasteiger partial charge in [-0.15, -0.1) is 0 Å². The molecule has 1 atom stereocenters. The maximum atomic E-state index is 12.1. The summed E-state index contributed by atoms with van der Waals surface area (Å²) in [6, 6.07) is 4.42. The number of rotatable bonds is 9. The molecule has 0 radical (unpaired) electrons. The van der Waals surface area contributed by atoms with Crippen LogP contribution in [0, 0.1) is 5.92 Å². The lowest BCUT2D eigenvalue weighted by Crippen LogP contribution is -2.40. The molecule has 8 heteroatoms. The van der Waals surface area contributed by atoms with Crippen LogP contribution < -0.4 is 10.0 Å². The number of carbonyl (C=O) groups is 2. The summed E-state index contributed by atoms with van der Waals surface area (Å²) in [5.74, 6) is -1.46. The Labute approximate surface area is 142 Å². The molecule has 1 aromatic carbocycles. The van der Waals surface area contributed by atoms with Gasteiger partial charge >= 0.3 is 5.97 Å². The van der Waals surface area contributed by atoms with Crippen molar-refractivity contribution in [1.29, 1.82) is 0 Å². The first-order valence-corrected chi connectivity index (χ1v) is 9.29. The van der Waals surface area contributed by atoms with E-state index in [2.05, 4.69) is 10.0 Å². The molecule has 0 heterocycles. The van der Waals surface area contributed by atoms with E-state index < -0.39 is 27.9 Å². The first kappa shape index (κ1) is 20.1. The van der Waals surface area contributed by atoms with E-state index in [9.17, 15) is 18.0 Å². The number of aliphatic carboxylic acids is 1. The van der Waals surface area contributed by atoms with Gasteiger partial charge in [0.25, 0.3) is 5.91 Å². The van der Waals surface area contributed by atoms with Gasteiger partial charge in [0.15, 0.2) is 0 Å². The Bertz CT molecular complexity index is 668. The van der Waals surface area contributed by atoms with E-state index >= 15 is 0 Å². The van der Waals surface area contributed by atoms with Gasteiger partial charge in [-0.1, -0.05) is 27.2 Å². The smallest absolute Gasteiger partial charge is 0.326 e. The maximum Gasteiger partial charge on any atom is 0.326 e. The van der Waals surface area contributed by atoms with Crippen LogP contribution in [0.1, 0.15) is 44.0 Å². The molecular formula is C16H24N2O5S. The van der Waals surface area contributed by atoms with Crippen LogP contribution in [-0.2, 0) is 14.8 Å². The highest BCUT2D eigenvalue weighted by Crippen LogP contribution is 2.11. The number of carbonyl (C=O) groups excluding carboxylic acids is 1. The highest BCUT2D eigenvalue weighted by molar-refractivity contribution is 7.89. The van der Waals surface area contributed by atoms with Crippen molar-refractivity contribution in [2.45, 2.75) is 44.6 Å². The standard InChI is InChI=1S/C16H24N2O5S/c1-4-5-14(16(20)21)18-15(19)12-6-8-13(9-7-12)24(22,23)17-10-11(2)3/h6-9,11,14,17H,4-5,10H2,1-3H3,(H,18,19)(H,20,21). The van der Waals surface area contributed by atoms with Crippen molar-refractivity contribution in [3.63, 3.8) is 0 Å². The average molecular weight is 356 g/mol. The molecule has 0 saturated carbocycles. The normalized spacial score (nSPS) is 12.8. The van der Waals surface area contributed by atoms with Crippen LogP contribution in [0.5, 0.6) is 0 Å². The van der Waals surface area contributed by atoms with Crippen LogP contribution >= 0.6 is 0 Å². The number of amides is 1. The molecule has 0 aromatic heterocycles. The van der Waals surface area contributed by atoms with Gasteiger partial charge in [-0.25, -0.2) is 17.9 Å². The van der Waals surface area contributed by atoms with Gasteiger partial charge < -0.3 is 10.4 Å². The van der Waals surface area contributed by atoms with Crippen molar-refractivity contribution < 1.29 is 23.1 Å². The van der Waals surface area contributed by atoms with Crippen molar-refractivity contribution in [2.75, 3.05) is 6.54 Å². The van der Waals surface area contributed by atoms with Crippen LogP contribution in [0.3, 0.4) is 0 Å². The number of benzene rings is 1. The molecular weight excluding hydrogens is 332 g/mol. The number of nitrogens with one attached hydrogen (secondary N) is 2. The Morgan fingerprint density at radius 3 is 2.21 bits per heavy atom. The van der Waals surface area contributed by atoms with Crippen molar-refractivity contribution in [3.05, 3.63) is 29.8 Å². The van der Waals surface area contributed by atoms with Crippen molar-refractivity contribution in [2.24, 2.45) is 5.92 Å². The second kappa shape index (κ2) is 8.79. The highest BCUT2D eigenvalue weighted by Gasteiger charge is 2.20. The molecule has 0 aliphatic heterocycles. The second-order valence-corrected chi connectivity index (χ2v) is 7.69. The molecule has 7 nitrogen and oxygen atoms in total. The van der Waals surface area contributed by atoms with Crippen molar-refractivity contribution >= 4 is 21.9 Å². The first-order chi connectivity index (χ1) is 11.2. The molecule has 3 N–H and O–H groups in total. The molecule has 1 aromatic rings. The van der Waals surface area contributed by atoms with Gasteiger partial charge in [0.1, 0.15) is 6.04 Å². The lowest BCUT2D eigenvalue weighted by atomic mass is 10.1. The molecule has 0 aliphatic rings. The van der Waals surface area contributed by atoms with Crippen molar-refractivity contribution in [3.8, 4) is 0 Å². The maximum absolute atomic E-state index is 12.1. The topological polar surface area (TPSA) is 113 Å². The molecule has 0 aliphatic carbocycles. The summed E-state index contributed by atoms with van der Waals surface area (Å²) in [4.78, 5) is 23.2. The lowest BCUT2D eigenvalue weighted by Gasteiger charge is -2.14. The van der Waals surface area contributed by atoms with E-state index in [0.29, 0.717) is 19.4 Å². The van der Waals surface area contributed by atoms with E-state index in [-0.39, 0.29) is 16.4 Å². The minimum absolute atomic E-state index is 0.0584. The Morgan fingerprint density at radius 1 is 1.17 bits per heavy atom. The Balaban J connectivity index is 2.83. The van der Waals surface area contributed by atoms with Gasteiger partial charge in [-0.2, -0.15) is 0 Å². The largest absolute Gasteiger partial charge is 0.480 e. The zero-order valence-electron chi connectivity index (χ0n) is 14.1. The van der Waals surface area contributed by atoms with Crippen LogP contribution in [0.2, 0.25) is 0 Å². The molecule has 134 valence electrons. The van der Waals surface area contributed by atoms with E-state index in [0.717, 1.165) is 0 Å². The molecule has 24 heavy (non-hydrogen) atoms. The molecule has 1 rings (SSSR count). The number of hydrogen-bond acceptors (Lipinski definition) is 4. The third-order valence-corrected chi connectivity index (χ3v) is 4.73. The van der Waals surface area contributed by atoms with E-state index in [1.807, 2.05) is 20.8 Å². The van der Waals surface area contributed by atoms with E-state index in [1.165, 1.54) is 24.3 Å². The predicted octanol–water partition coefficient (Wildman–Crippen LogP) is 1.60. The summed E-state index contributed by atoms with van der Waals surface area (Å²) >= 11 is 0. The van der Waals surface area contributed by atoms with E-state index in [1.54, 1.807) is 0 Å². The molecule has 1 unspecified atom stereocenters. The second-order valence-electron chi connectivity index (χ2n) is 5.92. The number of carboxylic acid groups (broad SMARTS) is 1. The molecule has 0 spiro atoms. The zero-order valence-corrected chi connectivity index (χ0v) is 14.9. The third-order valence-electron chi connectivity index (χ3n) is 3.29. The van der Waals surface area contributed by atoms with Gasteiger partial charge in [-0.05, 0) is 36.6 Å². The quantitative estimate of drug-likeness (QED) is 0.622. The van der Waals surface area contributed by atoms with Gasteiger partial charge in [-0.3, -0.25) is 4.79 Å². The summed E-state index contributed by atoms with van der Waals surface area (Å²) < 4.78 is 26.6. The minimum Gasteiger partial charge on any atom is -0.480 e. The summed E-state index contributed by atoms with van der Waals surface area (Å²) in [6.07, 6.45) is 0.947. The minimum atomic E-state index is -3.62. The number of hydrogen-bond donors (Lipinski definition) is 3. The Kier molecular flexibility index (Phi) is 7.37. The van der Waals surface area contributed by atoms with Crippen LogP contribution in [0.4, 0.5) is 0 Å². The first-order valence-electron chi connectivity index (χ1n) is 7.80. The van der Waals surface area contributed by atoms with Crippen LogP contribution in [0.15, 0.2) is 29.2 Å². The monoisotopic (exact) mass is 356 g/mol. The third kappa shape index (κ3) is 5.93. The Morgan fingerprint density at radius 2 is 1.75 bits per heavy atom. The predicted molar refractivity (Wildman–Crippen MR) is 90.3 cm³/mol. The lowest BCUT2D eigenvalue weighted by molar-refractivity contribution is -0.139. The molecule has 0 fully saturated rings. The summed E-state index contributed by atoms with van der Waals surface area (Å²) in [5.41, 5.74) is 0.208. The fourth-order valence-electron chi connectivity index (χ4n) is 1.93. The molecule has 0 bridgehead atoms.